The van der Waals surface area contributed by atoms with E-state index < -0.39 is 14.8 Å². The minimum atomic E-state index is -2.93. The maximum atomic E-state index is 11.3. The Morgan fingerprint density at radius 2 is 2.13 bits per heavy atom. The molecular formula is C12H12N4O5S2. The number of sulfone groups is 1. The Balaban J connectivity index is 1.67. The van der Waals surface area contributed by atoms with Crippen LogP contribution in [-0.4, -0.2) is 54.1 Å². The van der Waals surface area contributed by atoms with Crippen LogP contribution in [0.2, 0.25) is 0 Å². The lowest BCUT2D eigenvalue weighted by atomic mass is 10.4. The van der Waals surface area contributed by atoms with Gasteiger partial charge in [0.2, 0.25) is 0 Å². The van der Waals surface area contributed by atoms with Gasteiger partial charge in [0.05, 0.1) is 42.6 Å². The molecule has 122 valence electrons. The fraction of sp³-hybridized carbons (Fsp3) is 0.333. The third-order valence-electron chi connectivity index (χ3n) is 3.18. The van der Waals surface area contributed by atoms with E-state index in [1.165, 1.54) is 29.7 Å². The zero-order valence-corrected chi connectivity index (χ0v) is 13.4. The standard InChI is InChI=1S/C12H12N4O5S2/c17-16(18)11-2-1-10(21-11)12-14-9(8-22-12)7-13-15-3-5-23(19,20)6-4-15/h1-2,7-8H,3-6H2/b13-7+. The van der Waals surface area contributed by atoms with Crippen LogP contribution in [-0.2, 0) is 9.84 Å². The smallest absolute Gasteiger partial charge is 0.398 e. The van der Waals surface area contributed by atoms with Crippen LogP contribution in [0.5, 0.6) is 0 Å². The summed E-state index contributed by atoms with van der Waals surface area (Å²) >= 11 is 1.28. The lowest BCUT2D eigenvalue weighted by Gasteiger charge is -2.23. The first-order valence-corrected chi connectivity index (χ1v) is 9.32. The van der Waals surface area contributed by atoms with Gasteiger partial charge in [0, 0.05) is 5.38 Å². The van der Waals surface area contributed by atoms with Gasteiger partial charge in [-0.25, -0.2) is 13.4 Å². The highest BCUT2D eigenvalue weighted by Gasteiger charge is 2.20. The highest BCUT2D eigenvalue weighted by molar-refractivity contribution is 7.91. The summed E-state index contributed by atoms with van der Waals surface area (Å²) in [6.07, 6.45) is 1.54. The van der Waals surface area contributed by atoms with E-state index in [0.29, 0.717) is 29.6 Å². The molecular weight excluding hydrogens is 344 g/mol. The van der Waals surface area contributed by atoms with Crippen LogP contribution in [0.1, 0.15) is 5.69 Å². The number of hydrazone groups is 1. The average molecular weight is 356 g/mol. The third kappa shape index (κ3) is 3.74. The maximum Gasteiger partial charge on any atom is 0.433 e. The topological polar surface area (TPSA) is 119 Å². The monoisotopic (exact) mass is 356 g/mol. The lowest BCUT2D eigenvalue weighted by Crippen LogP contribution is -2.37. The molecule has 0 atom stereocenters. The second kappa shape index (κ2) is 6.08. The summed E-state index contributed by atoms with van der Waals surface area (Å²) in [5.41, 5.74) is 0.581. The molecule has 1 aliphatic rings. The SMILES string of the molecule is O=[N+]([O-])c1ccc(-c2nc(/C=N/N3CCS(=O)(=O)CC3)cs2)o1. The number of nitrogens with zero attached hydrogens (tertiary/aromatic N) is 4. The molecule has 0 aromatic carbocycles. The molecule has 0 unspecified atom stereocenters. The molecule has 11 heteroatoms. The van der Waals surface area contributed by atoms with Gasteiger partial charge in [-0.1, -0.05) is 0 Å². The molecule has 1 aliphatic heterocycles. The van der Waals surface area contributed by atoms with Gasteiger partial charge in [0.1, 0.15) is 4.92 Å². The maximum absolute atomic E-state index is 11.3. The van der Waals surface area contributed by atoms with Crippen molar-refractivity contribution in [1.82, 2.24) is 9.99 Å². The van der Waals surface area contributed by atoms with Crippen molar-refractivity contribution in [3.63, 3.8) is 0 Å². The van der Waals surface area contributed by atoms with E-state index in [4.69, 9.17) is 4.42 Å². The summed E-state index contributed by atoms with van der Waals surface area (Å²) in [5, 5.41) is 18.7. The zero-order valence-electron chi connectivity index (χ0n) is 11.8. The van der Waals surface area contributed by atoms with E-state index in [9.17, 15) is 18.5 Å². The van der Waals surface area contributed by atoms with E-state index in [-0.39, 0.29) is 17.4 Å². The van der Waals surface area contributed by atoms with Crippen LogP contribution < -0.4 is 0 Å². The summed E-state index contributed by atoms with van der Waals surface area (Å²) in [5.74, 6) is 0.191. The number of hydrogen-bond donors (Lipinski definition) is 0. The number of furan rings is 1. The van der Waals surface area contributed by atoms with Crippen molar-refractivity contribution < 1.29 is 17.8 Å². The molecule has 0 aliphatic carbocycles. The van der Waals surface area contributed by atoms with Crippen molar-refractivity contribution in [2.75, 3.05) is 24.6 Å². The normalized spacial score (nSPS) is 17.7. The summed E-state index contributed by atoms with van der Waals surface area (Å²) in [6, 6.07) is 2.77. The molecule has 0 bridgehead atoms. The van der Waals surface area contributed by atoms with Gasteiger partial charge < -0.3 is 4.42 Å². The zero-order chi connectivity index (χ0) is 16.4. The summed E-state index contributed by atoms with van der Waals surface area (Å²) in [7, 11) is -2.93. The Hall–Kier alpha value is -2.27. The highest BCUT2D eigenvalue weighted by Crippen LogP contribution is 2.28. The minimum absolute atomic E-state index is 0.0999. The molecule has 3 rings (SSSR count). The first-order valence-electron chi connectivity index (χ1n) is 6.62. The molecule has 1 saturated heterocycles. The molecule has 0 amide bonds. The van der Waals surface area contributed by atoms with Crippen LogP contribution in [0.15, 0.2) is 27.0 Å². The number of nitro groups is 1. The Morgan fingerprint density at radius 3 is 2.78 bits per heavy atom. The summed E-state index contributed by atoms with van der Waals surface area (Å²) in [6.45, 7) is 0.723. The second-order valence-corrected chi connectivity index (χ2v) is 7.98. The molecule has 0 radical (unpaired) electrons. The van der Waals surface area contributed by atoms with Gasteiger partial charge in [-0.15, -0.1) is 11.3 Å². The van der Waals surface area contributed by atoms with Crippen molar-refractivity contribution in [3.05, 3.63) is 33.3 Å². The Kier molecular flexibility index (Phi) is 4.13. The van der Waals surface area contributed by atoms with Gasteiger partial charge in [-0.3, -0.25) is 15.1 Å². The second-order valence-electron chi connectivity index (χ2n) is 4.82. The third-order valence-corrected chi connectivity index (χ3v) is 5.66. The van der Waals surface area contributed by atoms with Crippen molar-refractivity contribution in [2.24, 2.45) is 5.10 Å². The van der Waals surface area contributed by atoms with E-state index >= 15 is 0 Å². The van der Waals surface area contributed by atoms with E-state index in [0.717, 1.165) is 0 Å². The molecule has 3 heterocycles. The van der Waals surface area contributed by atoms with Gasteiger partial charge in [-0.05, 0) is 6.07 Å². The Bertz CT molecular complexity index is 840. The lowest BCUT2D eigenvalue weighted by molar-refractivity contribution is -0.401. The van der Waals surface area contributed by atoms with Crippen LogP contribution in [0.4, 0.5) is 5.88 Å². The molecule has 0 N–H and O–H groups in total. The highest BCUT2D eigenvalue weighted by atomic mass is 32.2. The van der Waals surface area contributed by atoms with Gasteiger partial charge in [-0.2, -0.15) is 5.10 Å². The Morgan fingerprint density at radius 1 is 1.39 bits per heavy atom. The first kappa shape index (κ1) is 15.6. The van der Waals surface area contributed by atoms with Crippen LogP contribution in [0.3, 0.4) is 0 Å². The van der Waals surface area contributed by atoms with Gasteiger partial charge >= 0.3 is 5.88 Å². The molecule has 0 saturated carbocycles. The molecule has 2 aromatic rings. The average Bonchev–Trinajstić information content (AvgIpc) is 3.15. The fourth-order valence-corrected chi connectivity index (χ4v) is 3.87. The molecule has 1 fully saturated rings. The largest absolute Gasteiger partial charge is 0.433 e. The Labute approximate surface area is 135 Å². The predicted molar refractivity (Wildman–Crippen MR) is 84.3 cm³/mol. The van der Waals surface area contributed by atoms with Crippen LogP contribution in [0.25, 0.3) is 10.8 Å². The van der Waals surface area contributed by atoms with Crippen LogP contribution in [0, 0.1) is 10.1 Å². The fourth-order valence-electron chi connectivity index (χ4n) is 1.96. The van der Waals surface area contributed by atoms with Crippen molar-refractivity contribution in [2.45, 2.75) is 0 Å². The van der Waals surface area contributed by atoms with Gasteiger partial charge in [0.15, 0.2) is 20.6 Å². The number of aromatic nitrogens is 1. The van der Waals surface area contributed by atoms with Crippen molar-refractivity contribution in [1.29, 1.82) is 0 Å². The molecule has 9 nitrogen and oxygen atoms in total. The number of hydrogen-bond acceptors (Lipinski definition) is 9. The molecule has 0 spiro atoms. The van der Waals surface area contributed by atoms with E-state index in [2.05, 4.69) is 10.1 Å². The number of thiazole rings is 1. The van der Waals surface area contributed by atoms with Crippen molar-refractivity contribution in [3.8, 4) is 10.8 Å². The van der Waals surface area contributed by atoms with Crippen molar-refractivity contribution >= 4 is 33.3 Å². The quantitative estimate of drug-likeness (QED) is 0.461. The van der Waals surface area contributed by atoms with Crippen LogP contribution >= 0.6 is 11.3 Å². The van der Waals surface area contributed by atoms with Gasteiger partial charge in [0.25, 0.3) is 0 Å². The van der Waals surface area contributed by atoms with E-state index in [1.54, 1.807) is 10.4 Å². The summed E-state index contributed by atoms with van der Waals surface area (Å²) in [4.78, 5) is 14.3. The minimum Gasteiger partial charge on any atom is -0.398 e. The number of rotatable bonds is 4. The van der Waals surface area contributed by atoms with E-state index in [1.807, 2.05) is 0 Å². The molecule has 2 aromatic heterocycles. The molecule has 23 heavy (non-hydrogen) atoms. The summed E-state index contributed by atoms with van der Waals surface area (Å²) < 4.78 is 27.8. The predicted octanol–water partition coefficient (Wildman–Crippen LogP) is 1.38. The first-order chi connectivity index (χ1) is 10.9.